The summed E-state index contributed by atoms with van der Waals surface area (Å²) in [4.78, 5) is 27.8. The summed E-state index contributed by atoms with van der Waals surface area (Å²) in [7, 11) is 1.43. The van der Waals surface area contributed by atoms with E-state index in [4.69, 9.17) is 9.47 Å². The van der Waals surface area contributed by atoms with Crippen molar-refractivity contribution in [2.75, 3.05) is 45.2 Å². The number of carbonyl (C=O) groups is 1. The summed E-state index contributed by atoms with van der Waals surface area (Å²) in [5.41, 5.74) is 3.21. The van der Waals surface area contributed by atoms with Crippen LogP contribution in [0.25, 0.3) is 0 Å². The SMILES string of the molecule is COc1cc(NC2CCN(C(=O)CCN3CCC(OCc4ccc(C)cc4)CC3)CC2)ccc1[N+](=O)[O-]. The predicted octanol–water partition coefficient (Wildman–Crippen LogP) is 4.39. The second-order valence-electron chi connectivity index (χ2n) is 10.0. The van der Waals surface area contributed by atoms with Crippen molar-refractivity contribution in [3.05, 3.63) is 63.7 Å². The molecule has 0 aliphatic carbocycles. The molecule has 0 radical (unpaired) electrons. The van der Waals surface area contributed by atoms with Crippen LogP contribution in [-0.2, 0) is 16.1 Å². The number of likely N-dealkylation sites (tertiary alicyclic amines) is 2. The minimum absolute atomic E-state index is 0.0486. The molecule has 1 N–H and O–H groups in total. The van der Waals surface area contributed by atoms with Crippen LogP contribution >= 0.6 is 0 Å². The Bertz CT molecular complexity index is 1050. The fourth-order valence-electron chi connectivity index (χ4n) is 5.04. The van der Waals surface area contributed by atoms with Crippen LogP contribution in [0, 0.1) is 17.0 Å². The fraction of sp³-hybridized carbons (Fsp3) is 0.536. The standard InChI is InChI=1S/C28H38N4O5/c1-21-3-5-22(6-4-21)20-37-25-11-14-30(15-12-25)16-13-28(33)31-17-9-23(10-18-31)29-24-7-8-26(32(34)35)27(19-24)36-2/h3-8,19,23,25,29H,9-18,20H2,1-2H3. The van der Waals surface area contributed by atoms with Gasteiger partial charge in [-0.05, 0) is 44.2 Å². The van der Waals surface area contributed by atoms with Gasteiger partial charge in [-0.15, -0.1) is 0 Å². The number of hydrogen-bond acceptors (Lipinski definition) is 7. The largest absolute Gasteiger partial charge is 0.490 e. The molecule has 0 saturated carbocycles. The summed E-state index contributed by atoms with van der Waals surface area (Å²) in [6, 6.07) is 13.5. The first kappa shape index (κ1) is 26.9. The predicted molar refractivity (Wildman–Crippen MR) is 143 cm³/mol. The van der Waals surface area contributed by atoms with Gasteiger partial charge in [-0.1, -0.05) is 29.8 Å². The Kier molecular flexibility index (Phi) is 9.35. The summed E-state index contributed by atoms with van der Waals surface area (Å²) in [6.07, 6.45) is 4.53. The van der Waals surface area contributed by atoms with Gasteiger partial charge in [0.25, 0.3) is 0 Å². The Morgan fingerprint density at radius 2 is 1.76 bits per heavy atom. The third-order valence-electron chi connectivity index (χ3n) is 7.38. The van der Waals surface area contributed by atoms with E-state index in [9.17, 15) is 14.9 Å². The summed E-state index contributed by atoms with van der Waals surface area (Å²) < 4.78 is 11.3. The van der Waals surface area contributed by atoms with Gasteiger partial charge in [0.15, 0.2) is 5.75 Å². The van der Waals surface area contributed by atoms with E-state index in [0.717, 1.165) is 64.1 Å². The van der Waals surface area contributed by atoms with Crippen LogP contribution in [0.3, 0.4) is 0 Å². The second-order valence-corrected chi connectivity index (χ2v) is 10.0. The number of hydrogen-bond donors (Lipinski definition) is 1. The molecule has 0 spiro atoms. The van der Waals surface area contributed by atoms with E-state index in [1.54, 1.807) is 12.1 Å². The molecule has 9 nitrogen and oxygen atoms in total. The third kappa shape index (κ3) is 7.66. The first-order chi connectivity index (χ1) is 17.9. The zero-order valence-electron chi connectivity index (χ0n) is 21.9. The molecule has 2 aliphatic heterocycles. The number of aryl methyl sites for hydroxylation is 1. The summed E-state index contributed by atoms with van der Waals surface area (Å²) in [5.74, 6) is 0.456. The normalized spacial score (nSPS) is 17.5. The molecule has 2 heterocycles. The molecule has 0 atom stereocenters. The van der Waals surface area contributed by atoms with Crippen molar-refractivity contribution in [1.29, 1.82) is 0 Å². The van der Waals surface area contributed by atoms with Crippen LogP contribution < -0.4 is 10.1 Å². The van der Waals surface area contributed by atoms with Gasteiger partial charge >= 0.3 is 5.69 Å². The molecule has 2 saturated heterocycles. The first-order valence-corrected chi connectivity index (χ1v) is 13.2. The van der Waals surface area contributed by atoms with Crippen molar-refractivity contribution < 1.29 is 19.2 Å². The molecular formula is C28H38N4O5. The molecule has 200 valence electrons. The Balaban J connectivity index is 1.12. The number of ether oxygens (including phenoxy) is 2. The van der Waals surface area contributed by atoms with E-state index in [2.05, 4.69) is 41.4 Å². The van der Waals surface area contributed by atoms with Crippen molar-refractivity contribution in [3.8, 4) is 5.75 Å². The maximum absolute atomic E-state index is 12.8. The third-order valence-corrected chi connectivity index (χ3v) is 7.38. The first-order valence-electron chi connectivity index (χ1n) is 13.2. The molecular weight excluding hydrogens is 472 g/mol. The van der Waals surface area contributed by atoms with Crippen molar-refractivity contribution >= 4 is 17.3 Å². The van der Waals surface area contributed by atoms with E-state index in [-0.39, 0.29) is 29.5 Å². The van der Waals surface area contributed by atoms with E-state index >= 15 is 0 Å². The van der Waals surface area contributed by atoms with Crippen LogP contribution in [0.15, 0.2) is 42.5 Å². The Morgan fingerprint density at radius 1 is 1.05 bits per heavy atom. The average molecular weight is 511 g/mol. The smallest absolute Gasteiger partial charge is 0.311 e. The monoisotopic (exact) mass is 510 g/mol. The summed E-state index contributed by atoms with van der Waals surface area (Å²) >= 11 is 0. The second kappa shape index (κ2) is 12.9. The number of amides is 1. The maximum Gasteiger partial charge on any atom is 0.311 e. The Morgan fingerprint density at radius 3 is 2.41 bits per heavy atom. The number of nitro benzene ring substituents is 1. The number of nitro groups is 1. The van der Waals surface area contributed by atoms with Crippen molar-refractivity contribution in [2.45, 2.75) is 57.8 Å². The number of carbonyl (C=O) groups excluding carboxylic acids is 1. The molecule has 0 aromatic heterocycles. The van der Waals surface area contributed by atoms with E-state index in [0.29, 0.717) is 13.0 Å². The maximum atomic E-state index is 12.8. The summed E-state index contributed by atoms with van der Waals surface area (Å²) in [5, 5.41) is 14.5. The van der Waals surface area contributed by atoms with Crippen LogP contribution in [0.2, 0.25) is 0 Å². The lowest BCUT2D eigenvalue weighted by Gasteiger charge is -2.34. The highest BCUT2D eigenvalue weighted by atomic mass is 16.6. The number of nitrogens with zero attached hydrogens (tertiary/aromatic N) is 3. The van der Waals surface area contributed by atoms with Crippen LogP contribution in [0.4, 0.5) is 11.4 Å². The zero-order chi connectivity index (χ0) is 26.2. The topological polar surface area (TPSA) is 97.2 Å². The van der Waals surface area contributed by atoms with E-state index in [1.165, 1.54) is 24.3 Å². The lowest BCUT2D eigenvalue weighted by atomic mass is 10.0. The van der Waals surface area contributed by atoms with Gasteiger partial charge in [0.1, 0.15) is 0 Å². The summed E-state index contributed by atoms with van der Waals surface area (Å²) in [6.45, 7) is 6.92. The van der Waals surface area contributed by atoms with Crippen LogP contribution in [0.1, 0.15) is 43.2 Å². The average Bonchev–Trinajstić information content (AvgIpc) is 2.92. The van der Waals surface area contributed by atoms with Gasteiger partial charge in [0.05, 0.1) is 24.7 Å². The van der Waals surface area contributed by atoms with Crippen LogP contribution in [-0.4, -0.2) is 72.6 Å². The van der Waals surface area contributed by atoms with Gasteiger partial charge in [0, 0.05) is 63.0 Å². The lowest BCUT2D eigenvalue weighted by molar-refractivity contribution is -0.385. The lowest BCUT2D eigenvalue weighted by Crippen LogP contribution is -2.44. The van der Waals surface area contributed by atoms with Gasteiger partial charge < -0.3 is 24.6 Å². The number of piperidine rings is 2. The molecule has 2 aliphatic rings. The molecule has 0 bridgehead atoms. The van der Waals surface area contributed by atoms with E-state index < -0.39 is 4.92 Å². The molecule has 2 aromatic rings. The molecule has 1 amide bonds. The van der Waals surface area contributed by atoms with Crippen molar-refractivity contribution in [1.82, 2.24) is 9.80 Å². The quantitative estimate of drug-likeness (QED) is 0.374. The van der Waals surface area contributed by atoms with Crippen molar-refractivity contribution in [3.63, 3.8) is 0 Å². The molecule has 2 aromatic carbocycles. The highest BCUT2D eigenvalue weighted by Gasteiger charge is 2.25. The molecule has 2 fully saturated rings. The van der Waals surface area contributed by atoms with Gasteiger partial charge in [-0.3, -0.25) is 14.9 Å². The molecule has 0 unspecified atom stereocenters. The Labute approximate surface area is 218 Å². The van der Waals surface area contributed by atoms with Gasteiger partial charge in [-0.25, -0.2) is 0 Å². The van der Waals surface area contributed by atoms with Gasteiger partial charge in [0.2, 0.25) is 5.91 Å². The number of nitrogens with one attached hydrogen (secondary N) is 1. The van der Waals surface area contributed by atoms with Crippen molar-refractivity contribution in [2.24, 2.45) is 0 Å². The Hall–Kier alpha value is -3.17. The highest BCUT2D eigenvalue weighted by Crippen LogP contribution is 2.30. The molecule has 9 heteroatoms. The minimum atomic E-state index is -0.449. The number of benzene rings is 2. The van der Waals surface area contributed by atoms with Gasteiger partial charge in [-0.2, -0.15) is 0 Å². The van der Waals surface area contributed by atoms with E-state index in [1.807, 2.05) is 4.90 Å². The number of anilines is 1. The zero-order valence-corrected chi connectivity index (χ0v) is 21.9. The number of methoxy groups -OCH3 is 1. The molecule has 37 heavy (non-hydrogen) atoms. The molecule has 4 rings (SSSR count). The fourth-order valence-corrected chi connectivity index (χ4v) is 5.04. The highest BCUT2D eigenvalue weighted by molar-refractivity contribution is 5.76. The minimum Gasteiger partial charge on any atom is -0.490 e. The van der Waals surface area contributed by atoms with Crippen LogP contribution in [0.5, 0.6) is 5.75 Å². The number of rotatable bonds is 10.